The molecule has 0 aromatic heterocycles. The van der Waals surface area contributed by atoms with E-state index in [1.54, 1.807) is 12.2 Å². The standard InChI is InChI=1S/C7H13F3N2O2/c1-2-5(3-13)12-6(14)11-4-7(8,9)10/h5,13H,2-4H2,1H3,(H2,11,12,14)/t5-/m1/s1. The fourth-order valence-corrected chi connectivity index (χ4v) is 0.694. The smallest absolute Gasteiger partial charge is 0.394 e. The maximum Gasteiger partial charge on any atom is 0.405 e. The van der Waals surface area contributed by atoms with E-state index in [9.17, 15) is 18.0 Å². The van der Waals surface area contributed by atoms with E-state index in [2.05, 4.69) is 5.32 Å². The number of hydrogen-bond donors (Lipinski definition) is 3. The summed E-state index contributed by atoms with van der Waals surface area (Å²) in [6.07, 6.45) is -3.96. The van der Waals surface area contributed by atoms with Crippen molar-refractivity contribution in [2.24, 2.45) is 0 Å². The molecule has 0 saturated heterocycles. The van der Waals surface area contributed by atoms with Crippen molar-refractivity contribution in [1.82, 2.24) is 10.6 Å². The fraction of sp³-hybridized carbons (Fsp3) is 0.857. The molecule has 0 unspecified atom stereocenters. The fourth-order valence-electron chi connectivity index (χ4n) is 0.694. The number of halogens is 3. The van der Waals surface area contributed by atoms with E-state index in [0.29, 0.717) is 6.42 Å². The molecule has 0 fully saturated rings. The first-order valence-electron chi connectivity index (χ1n) is 4.11. The Balaban J connectivity index is 3.75. The molecule has 0 rings (SSSR count). The Morgan fingerprint density at radius 2 is 2.07 bits per heavy atom. The van der Waals surface area contributed by atoms with E-state index in [0.717, 1.165) is 0 Å². The Morgan fingerprint density at radius 3 is 2.43 bits per heavy atom. The number of rotatable bonds is 4. The number of alkyl halides is 3. The molecule has 7 heteroatoms. The molecule has 0 aliphatic carbocycles. The summed E-state index contributed by atoms with van der Waals surface area (Å²) in [6.45, 7) is 0.0293. The predicted molar refractivity (Wildman–Crippen MR) is 43.8 cm³/mol. The Hall–Kier alpha value is -0.980. The van der Waals surface area contributed by atoms with Gasteiger partial charge in [-0.3, -0.25) is 0 Å². The van der Waals surface area contributed by atoms with E-state index < -0.39 is 24.8 Å². The predicted octanol–water partition coefficient (Wildman–Crippen LogP) is 0.619. The van der Waals surface area contributed by atoms with E-state index in [1.807, 2.05) is 0 Å². The van der Waals surface area contributed by atoms with Gasteiger partial charge in [0, 0.05) is 0 Å². The van der Waals surface area contributed by atoms with Crippen LogP contribution in [0.15, 0.2) is 0 Å². The van der Waals surface area contributed by atoms with Crippen LogP contribution in [0, 0.1) is 0 Å². The Labute approximate surface area is 79.5 Å². The second-order valence-electron chi connectivity index (χ2n) is 2.73. The van der Waals surface area contributed by atoms with E-state index >= 15 is 0 Å². The average molecular weight is 214 g/mol. The normalized spacial score (nSPS) is 13.5. The lowest BCUT2D eigenvalue weighted by Crippen LogP contribution is -2.46. The van der Waals surface area contributed by atoms with Crippen molar-refractivity contribution < 1.29 is 23.1 Å². The molecular formula is C7H13F3N2O2. The molecule has 3 N–H and O–H groups in total. The van der Waals surface area contributed by atoms with Crippen LogP contribution in [0.3, 0.4) is 0 Å². The van der Waals surface area contributed by atoms with Gasteiger partial charge < -0.3 is 15.7 Å². The van der Waals surface area contributed by atoms with Gasteiger partial charge in [-0.2, -0.15) is 13.2 Å². The highest BCUT2D eigenvalue weighted by Crippen LogP contribution is 2.11. The van der Waals surface area contributed by atoms with Gasteiger partial charge in [-0.15, -0.1) is 0 Å². The Kier molecular flexibility index (Phi) is 5.29. The van der Waals surface area contributed by atoms with Gasteiger partial charge in [-0.25, -0.2) is 4.79 Å². The minimum atomic E-state index is -4.42. The molecule has 0 aromatic rings. The van der Waals surface area contributed by atoms with Crippen LogP contribution in [-0.4, -0.2) is 36.5 Å². The topological polar surface area (TPSA) is 61.4 Å². The molecule has 0 bridgehead atoms. The SMILES string of the molecule is CC[C@H](CO)NC(=O)NCC(F)(F)F. The van der Waals surface area contributed by atoms with Crippen LogP contribution in [0.25, 0.3) is 0 Å². The van der Waals surface area contributed by atoms with Crippen molar-refractivity contribution in [3.05, 3.63) is 0 Å². The molecule has 0 heterocycles. The summed E-state index contributed by atoms with van der Waals surface area (Å²) in [5.41, 5.74) is 0. The van der Waals surface area contributed by atoms with Crippen LogP contribution >= 0.6 is 0 Å². The molecule has 0 aliphatic heterocycles. The first-order valence-corrected chi connectivity index (χ1v) is 4.11. The zero-order chi connectivity index (χ0) is 11.2. The molecule has 0 radical (unpaired) electrons. The van der Waals surface area contributed by atoms with Gasteiger partial charge in [0.25, 0.3) is 0 Å². The van der Waals surface area contributed by atoms with Crippen LogP contribution in [0.1, 0.15) is 13.3 Å². The number of hydrogen-bond acceptors (Lipinski definition) is 2. The average Bonchev–Trinajstić information content (AvgIpc) is 2.09. The van der Waals surface area contributed by atoms with Gasteiger partial charge in [-0.05, 0) is 6.42 Å². The first-order chi connectivity index (χ1) is 6.39. The number of amides is 2. The summed E-state index contributed by atoms with van der Waals surface area (Å²) >= 11 is 0. The van der Waals surface area contributed by atoms with E-state index in [4.69, 9.17) is 5.11 Å². The van der Waals surface area contributed by atoms with Crippen molar-refractivity contribution in [3.8, 4) is 0 Å². The highest BCUT2D eigenvalue weighted by atomic mass is 19.4. The Morgan fingerprint density at radius 1 is 1.50 bits per heavy atom. The summed E-state index contributed by atoms with van der Waals surface area (Å²) in [5, 5.41) is 12.5. The van der Waals surface area contributed by atoms with Crippen LogP contribution in [-0.2, 0) is 0 Å². The summed E-state index contributed by atoms with van der Waals surface area (Å²) in [5.74, 6) is 0. The summed E-state index contributed by atoms with van der Waals surface area (Å²) in [6, 6.07) is -1.44. The first kappa shape index (κ1) is 13.0. The van der Waals surface area contributed by atoms with Crippen LogP contribution in [0.5, 0.6) is 0 Å². The third kappa shape index (κ3) is 6.53. The van der Waals surface area contributed by atoms with Crippen molar-refractivity contribution in [3.63, 3.8) is 0 Å². The van der Waals surface area contributed by atoms with Crippen LogP contribution < -0.4 is 10.6 Å². The van der Waals surface area contributed by atoms with Crippen LogP contribution in [0.4, 0.5) is 18.0 Å². The minimum Gasteiger partial charge on any atom is -0.394 e. The van der Waals surface area contributed by atoms with Gasteiger partial charge in [0.05, 0.1) is 12.6 Å². The number of carbonyl (C=O) groups excluding carboxylic acids is 1. The summed E-state index contributed by atoms with van der Waals surface area (Å²) in [4.78, 5) is 10.8. The molecule has 84 valence electrons. The van der Waals surface area contributed by atoms with Gasteiger partial charge in [0.2, 0.25) is 0 Å². The lowest BCUT2D eigenvalue weighted by Gasteiger charge is -2.15. The maximum atomic E-state index is 11.6. The number of urea groups is 1. The highest BCUT2D eigenvalue weighted by molar-refractivity contribution is 5.74. The van der Waals surface area contributed by atoms with E-state index in [1.165, 1.54) is 0 Å². The van der Waals surface area contributed by atoms with Gasteiger partial charge >= 0.3 is 12.2 Å². The maximum absolute atomic E-state index is 11.6. The zero-order valence-corrected chi connectivity index (χ0v) is 7.69. The third-order valence-electron chi connectivity index (χ3n) is 1.50. The summed E-state index contributed by atoms with van der Waals surface area (Å²) < 4.78 is 34.9. The third-order valence-corrected chi connectivity index (χ3v) is 1.50. The highest BCUT2D eigenvalue weighted by Gasteiger charge is 2.27. The molecule has 0 spiro atoms. The second-order valence-corrected chi connectivity index (χ2v) is 2.73. The van der Waals surface area contributed by atoms with E-state index in [-0.39, 0.29) is 6.61 Å². The molecule has 0 aliphatic rings. The van der Waals surface area contributed by atoms with Crippen LogP contribution in [0.2, 0.25) is 0 Å². The van der Waals surface area contributed by atoms with Crippen molar-refractivity contribution in [1.29, 1.82) is 0 Å². The number of nitrogens with one attached hydrogen (secondary N) is 2. The lowest BCUT2D eigenvalue weighted by atomic mass is 10.2. The molecule has 2 amide bonds. The molecule has 0 aromatic carbocycles. The van der Waals surface area contributed by atoms with Gasteiger partial charge in [0.15, 0.2) is 0 Å². The summed E-state index contributed by atoms with van der Waals surface area (Å²) in [7, 11) is 0. The molecular weight excluding hydrogens is 201 g/mol. The monoisotopic (exact) mass is 214 g/mol. The molecule has 4 nitrogen and oxygen atoms in total. The van der Waals surface area contributed by atoms with Gasteiger partial charge in [0.1, 0.15) is 6.54 Å². The molecule has 14 heavy (non-hydrogen) atoms. The molecule has 1 atom stereocenters. The molecule has 0 saturated carbocycles. The number of aliphatic hydroxyl groups is 1. The number of aliphatic hydroxyl groups excluding tert-OH is 1. The van der Waals surface area contributed by atoms with Gasteiger partial charge in [-0.1, -0.05) is 6.92 Å². The zero-order valence-electron chi connectivity index (χ0n) is 7.69. The number of carbonyl (C=O) groups is 1. The minimum absolute atomic E-state index is 0.296. The lowest BCUT2D eigenvalue weighted by molar-refractivity contribution is -0.122. The second kappa shape index (κ2) is 5.69. The van der Waals surface area contributed by atoms with Crippen molar-refractivity contribution in [2.45, 2.75) is 25.6 Å². The Bertz CT molecular complexity index is 180. The van der Waals surface area contributed by atoms with Crippen molar-refractivity contribution >= 4 is 6.03 Å². The largest absolute Gasteiger partial charge is 0.405 e. The van der Waals surface area contributed by atoms with Crippen molar-refractivity contribution in [2.75, 3.05) is 13.2 Å². The quantitative estimate of drug-likeness (QED) is 0.642.